The second-order valence-corrected chi connectivity index (χ2v) is 6.48. The molecule has 1 aliphatic rings. The van der Waals surface area contributed by atoms with E-state index in [0.29, 0.717) is 11.5 Å². The van der Waals surface area contributed by atoms with Crippen LogP contribution in [0.1, 0.15) is 18.4 Å². The van der Waals surface area contributed by atoms with Gasteiger partial charge in [0.15, 0.2) is 0 Å². The molecule has 1 fully saturated rings. The average molecular weight is 373 g/mol. The average Bonchev–Trinajstić information content (AvgIpc) is 2.61. The first-order chi connectivity index (χ1) is 11.3. The van der Waals surface area contributed by atoms with Gasteiger partial charge in [0.2, 0.25) is 0 Å². The fraction of sp³-hybridized carbons (Fsp3) is 0.353. The predicted molar refractivity (Wildman–Crippen MR) is 91.3 cm³/mol. The molecule has 3 rings (SSSR count). The van der Waals surface area contributed by atoms with Crippen LogP contribution in [-0.4, -0.2) is 29.7 Å². The standard InChI is InChI=1S/C17H17BrN4O/c18-15-9-14(10-19)17(21-11-15)22-7-3-13(4-8-22)12-23-16-1-5-20-6-2-16/h1-2,5-6,9,11,13H,3-4,7-8,12H2. The van der Waals surface area contributed by atoms with Gasteiger partial charge in [0.25, 0.3) is 0 Å². The van der Waals surface area contributed by atoms with Crippen molar-refractivity contribution in [3.05, 3.63) is 46.8 Å². The van der Waals surface area contributed by atoms with E-state index in [1.54, 1.807) is 18.6 Å². The first kappa shape index (κ1) is 15.8. The van der Waals surface area contributed by atoms with Gasteiger partial charge in [0.05, 0.1) is 12.2 Å². The van der Waals surface area contributed by atoms with Gasteiger partial charge in [-0.2, -0.15) is 5.26 Å². The highest BCUT2D eigenvalue weighted by Crippen LogP contribution is 2.26. The summed E-state index contributed by atoms with van der Waals surface area (Å²) < 4.78 is 6.65. The van der Waals surface area contributed by atoms with Crippen LogP contribution in [0.5, 0.6) is 5.75 Å². The van der Waals surface area contributed by atoms with Crippen LogP contribution in [0.25, 0.3) is 0 Å². The molecule has 23 heavy (non-hydrogen) atoms. The number of aromatic nitrogens is 2. The lowest BCUT2D eigenvalue weighted by Crippen LogP contribution is -2.36. The predicted octanol–water partition coefficient (Wildman–Crippen LogP) is 3.41. The van der Waals surface area contributed by atoms with Crippen molar-refractivity contribution >= 4 is 21.7 Å². The van der Waals surface area contributed by atoms with Crippen molar-refractivity contribution in [2.75, 3.05) is 24.6 Å². The Morgan fingerprint density at radius 2 is 2.04 bits per heavy atom. The van der Waals surface area contributed by atoms with E-state index in [1.807, 2.05) is 18.2 Å². The van der Waals surface area contributed by atoms with Crippen molar-refractivity contribution < 1.29 is 4.74 Å². The molecule has 2 aromatic heterocycles. The third-order valence-corrected chi connectivity index (χ3v) is 4.44. The van der Waals surface area contributed by atoms with Gasteiger partial charge in [-0.05, 0) is 52.9 Å². The number of halogens is 1. The topological polar surface area (TPSA) is 62.0 Å². The summed E-state index contributed by atoms with van der Waals surface area (Å²) in [4.78, 5) is 10.6. The van der Waals surface area contributed by atoms with Crippen LogP contribution in [0.15, 0.2) is 41.3 Å². The highest BCUT2D eigenvalue weighted by molar-refractivity contribution is 9.10. The Labute approximate surface area is 144 Å². The van der Waals surface area contributed by atoms with Gasteiger partial charge >= 0.3 is 0 Å². The van der Waals surface area contributed by atoms with Crippen LogP contribution in [0, 0.1) is 17.2 Å². The third-order valence-electron chi connectivity index (χ3n) is 4.00. The van der Waals surface area contributed by atoms with E-state index in [-0.39, 0.29) is 0 Å². The maximum Gasteiger partial charge on any atom is 0.146 e. The van der Waals surface area contributed by atoms with E-state index in [1.165, 1.54) is 0 Å². The molecule has 0 amide bonds. The summed E-state index contributed by atoms with van der Waals surface area (Å²) in [7, 11) is 0. The molecule has 0 atom stereocenters. The number of ether oxygens (including phenoxy) is 1. The van der Waals surface area contributed by atoms with E-state index < -0.39 is 0 Å². The molecular weight excluding hydrogens is 356 g/mol. The quantitative estimate of drug-likeness (QED) is 0.822. The van der Waals surface area contributed by atoms with Gasteiger partial charge in [-0.3, -0.25) is 4.98 Å². The molecule has 0 unspecified atom stereocenters. The molecule has 1 saturated heterocycles. The number of hydrogen-bond acceptors (Lipinski definition) is 5. The number of piperidine rings is 1. The van der Waals surface area contributed by atoms with Gasteiger partial charge < -0.3 is 9.64 Å². The first-order valence-electron chi connectivity index (χ1n) is 7.59. The number of nitrogens with zero attached hydrogens (tertiary/aromatic N) is 4. The van der Waals surface area contributed by atoms with E-state index in [4.69, 9.17) is 4.74 Å². The Bertz CT molecular complexity index is 693. The number of anilines is 1. The number of nitriles is 1. The van der Waals surface area contributed by atoms with E-state index in [0.717, 1.165) is 48.6 Å². The first-order valence-corrected chi connectivity index (χ1v) is 8.39. The molecular formula is C17H17BrN4O. The Balaban J connectivity index is 1.55. The highest BCUT2D eigenvalue weighted by Gasteiger charge is 2.22. The van der Waals surface area contributed by atoms with Crippen LogP contribution in [0.2, 0.25) is 0 Å². The fourth-order valence-electron chi connectivity index (χ4n) is 2.73. The van der Waals surface area contributed by atoms with E-state index >= 15 is 0 Å². The molecule has 1 aliphatic heterocycles. The maximum absolute atomic E-state index is 9.27. The van der Waals surface area contributed by atoms with Crippen LogP contribution in [-0.2, 0) is 0 Å². The Hall–Kier alpha value is -2.13. The van der Waals surface area contributed by atoms with Gasteiger partial charge in [0, 0.05) is 36.2 Å². The van der Waals surface area contributed by atoms with Crippen molar-refractivity contribution in [3.8, 4) is 11.8 Å². The lowest BCUT2D eigenvalue weighted by molar-refractivity contribution is 0.222. The van der Waals surface area contributed by atoms with Crippen molar-refractivity contribution in [1.82, 2.24) is 9.97 Å². The minimum atomic E-state index is 0.528. The zero-order valence-corrected chi connectivity index (χ0v) is 14.2. The van der Waals surface area contributed by atoms with Gasteiger partial charge in [-0.15, -0.1) is 0 Å². The highest BCUT2D eigenvalue weighted by atomic mass is 79.9. The van der Waals surface area contributed by atoms with E-state index in [2.05, 4.69) is 36.9 Å². The minimum Gasteiger partial charge on any atom is -0.493 e. The van der Waals surface area contributed by atoms with Crippen molar-refractivity contribution in [2.24, 2.45) is 5.92 Å². The van der Waals surface area contributed by atoms with Gasteiger partial charge in [-0.1, -0.05) is 0 Å². The summed E-state index contributed by atoms with van der Waals surface area (Å²) in [5, 5.41) is 9.27. The minimum absolute atomic E-state index is 0.528. The van der Waals surface area contributed by atoms with Crippen molar-refractivity contribution in [1.29, 1.82) is 5.26 Å². The van der Waals surface area contributed by atoms with Crippen LogP contribution < -0.4 is 9.64 Å². The van der Waals surface area contributed by atoms with Gasteiger partial charge in [-0.25, -0.2) is 4.98 Å². The monoisotopic (exact) mass is 372 g/mol. The molecule has 3 heterocycles. The Morgan fingerprint density at radius 1 is 1.30 bits per heavy atom. The molecule has 118 valence electrons. The Morgan fingerprint density at radius 3 is 2.74 bits per heavy atom. The third kappa shape index (κ3) is 3.99. The second kappa shape index (κ2) is 7.42. The second-order valence-electron chi connectivity index (χ2n) is 5.56. The van der Waals surface area contributed by atoms with Crippen molar-refractivity contribution in [3.63, 3.8) is 0 Å². The summed E-state index contributed by atoms with van der Waals surface area (Å²) in [5.41, 5.74) is 0.617. The zero-order valence-electron chi connectivity index (χ0n) is 12.7. The smallest absolute Gasteiger partial charge is 0.146 e. The fourth-order valence-corrected chi connectivity index (χ4v) is 3.06. The molecule has 6 heteroatoms. The van der Waals surface area contributed by atoms with Crippen LogP contribution in [0.4, 0.5) is 5.82 Å². The summed E-state index contributed by atoms with van der Waals surface area (Å²) in [6.45, 7) is 2.51. The lowest BCUT2D eigenvalue weighted by Gasteiger charge is -2.33. The molecule has 0 bridgehead atoms. The molecule has 0 N–H and O–H groups in total. The molecule has 0 aromatic carbocycles. The number of pyridine rings is 2. The largest absolute Gasteiger partial charge is 0.493 e. The van der Waals surface area contributed by atoms with Crippen LogP contribution >= 0.6 is 15.9 Å². The molecule has 0 aliphatic carbocycles. The zero-order chi connectivity index (χ0) is 16.1. The number of hydrogen-bond donors (Lipinski definition) is 0. The molecule has 0 radical (unpaired) electrons. The summed E-state index contributed by atoms with van der Waals surface area (Å²) in [6, 6.07) is 7.80. The van der Waals surface area contributed by atoms with E-state index in [9.17, 15) is 5.26 Å². The summed E-state index contributed by atoms with van der Waals surface area (Å²) in [6.07, 6.45) is 7.29. The molecule has 5 nitrogen and oxygen atoms in total. The molecule has 2 aromatic rings. The molecule has 0 spiro atoms. The Kier molecular flexibility index (Phi) is 5.09. The summed E-state index contributed by atoms with van der Waals surface area (Å²) in [5.74, 6) is 2.17. The normalized spacial score (nSPS) is 15.2. The lowest BCUT2D eigenvalue weighted by atomic mass is 9.97. The van der Waals surface area contributed by atoms with Crippen molar-refractivity contribution in [2.45, 2.75) is 12.8 Å². The van der Waals surface area contributed by atoms with Gasteiger partial charge in [0.1, 0.15) is 17.6 Å². The SMILES string of the molecule is N#Cc1cc(Br)cnc1N1CCC(COc2ccncc2)CC1. The van der Waals surface area contributed by atoms with Crippen LogP contribution in [0.3, 0.4) is 0 Å². The summed E-state index contributed by atoms with van der Waals surface area (Å²) >= 11 is 3.36. The maximum atomic E-state index is 9.27. The molecule has 0 saturated carbocycles. The number of rotatable bonds is 4.